The van der Waals surface area contributed by atoms with Crippen LogP contribution in [0.1, 0.15) is 85.0 Å². The van der Waals surface area contributed by atoms with Gasteiger partial charge in [0.05, 0.1) is 11.9 Å². The van der Waals surface area contributed by atoms with E-state index in [4.69, 9.17) is 0 Å². The molecular formula is C20H35CoLiO4. The second kappa shape index (κ2) is 35.6. The Hall–Kier alpha value is -0.476. The summed E-state index contributed by atoms with van der Waals surface area (Å²) in [6.45, 7) is 9.95. The van der Waals surface area contributed by atoms with Crippen molar-refractivity contribution in [3.8, 4) is 0 Å². The van der Waals surface area contributed by atoms with Crippen molar-refractivity contribution in [3.63, 3.8) is 0 Å². The Morgan fingerprint density at radius 1 is 0.769 bits per heavy atom. The summed E-state index contributed by atoms with van der Waals surface area (Å²) in [5.41, 5.74) is 0. The number of carbonyl (C=O) groups is 2. The minimum Gasteiger partial charge on any atom is -0.545 e. The molecule has 0 rings (SSSR count). The van der Waals surface area contributed by atoms with Gasteiger partial charge in [-0.15, -0.1) is 0 Å². The van der Waals surface area contributed by atoms with Gasteiger partial charge in [0, 0.05) is 0 Å². The molecule has 0 aliphatic carbocycles. The van der Waals surface area contributed by atoms with Crippen LogP contribution in [-0.4, -0.2) is 11.9 Å². The third-order valence-corrected chi connectivity index (χ3v) is 2.81. The van der Waals surface area contributed by atoms with Crippen molar-refractivity contribution in [1.29, 1.82) is 0 Å². The van der Waals surface area contributed by atoms with Crippen molar-refractivity contribution in [3.05, 3.63) is 31.2 Å². The van der Waals surface area contributed by atoms with Crippen LogP contribution in [0.5, 0.6) is 0 Å². The maximum atomic E-state index is 9.83. The standard InChI is InChI=1S/2C8H14O2.C4H9.Co.Li/c2*1-2-3-4-5-6-7-8(9)10;1-3-4-2;;/h2*6-7H,2-5H2,1H3,(H,9,10);1,3-4H2,2H3;;/q;;-1;+2;+1/p-2. The summed E-state index contributed by atoms with van der Waals surface area (Å²) in [7, 11) is 0. The summed E-state index contributed by atoms with van der Waals surface area (Å²) in [6, 6.07) is 0. The maximum absolute atomic E-state index is 9.83. The molecule has 6 heteroatoms. The number of carbonyl (C=O) groups excluding carboxylic acids is 2. The van der Waals surface area contributed by atoms with Crippen molar-refractivity contribution in [1.82, 2.24) is 0 Å². The van der Waals surface area contributed by atoms with Crippen LogP contribution < -0.4 is 29.1 Å². The first-order valence-electron chi connectivity index (χ1n) is 9.00. The molecule has 0 amide bonds. The quantitative estimate of drug-likeness (QED) is 0.215. The minimum atomic E-state index is -1.10. The Morgan fingerprint density at radius 2 is 1.08 bits per heavy atom. The number of aliphatic carboxylic acids is 2. The van der Waals surface area contributed by atoms with Gasteiger partial charge in [0.25, 0.3) is 0 Å². The fourth-order valence-corrected chi connectivity index (χ4v) is 1.38. The molecule has 0 heterocycles. The molecule has 0 aliphatic heterocycles. The molecule has 0 unspecified atom stereocenters. The number of hydrogen-bond acceptors (Lipinski definition) is 4. The summed E-state index contributed by atoms with van der Waals surface area (Å²) >= 11 is 0. The van der Waals surface area contributed by atoms with E-state index in [1.807, 2.05) is 0 Å². The fraction of sp³-hybridized carbons (Fsp3) is 0.650. The number of hydrogen-bond donors (Lipinski definition) is 0. The van der Waals surface area contributed by atoms with Gasteiger partial charge >= 0.3 is 35.6 Å². The summed E-state index contributed by atoms with van der Waals surface area (Å²) in [4.78, 5) is 19.7. The average Bonchev–Trinajstić information content (AvgIpc) is 2.55. The summed E-state index contributed by atoms with van der Waals surface area (Å²) < 4.78 is 0. The van der Waals surface area contributed by atoms with E-state index in [0.29, 0.717) is 0 Å². The first-order valence-corrected chi connectivity index (χ1v) is 9.00. The Labute approximate surface area is 183 Å². The Bertz CT molecular complexity index is 300. The first kappa shape index (κ1) is 36.4. The van der Waals surface area contributed by atoms with E-state index < -0.39 is 11.9 Å². The molecule has 0 atom stereocenters. The molecule has 1 radical (unpaired) electrons. The molecule has 26 heavy (non-hydrogen) atoms. The van der Waals surface area contributed by atoms with Crippen molar-refractivity contribution >= 4 is 11.9 Å². The molecule has 0 aromatic rings. The smallest absolute Gasteiger partial charge is 0.545 e. The van der Waals surface area contributed by atoms with E-state index >= 15 is 0 Å². The van der Waals surface area contributed by atoms with Gasteiger partial charge in [0.1, 0.15) is 0 Å². The van der Waals surface area contributed by atoms with Crippen LogP contribution in [0.4, 0.5) is 0 Å². The zero-order chi connectivity index (χ0) is 19.1. The summed E-state index contributed by atoms with van der Waals surface area (Å²) in [6.07, 6.45) is 16.2. The topological polar surface area (TPSA) is 80.3 Å². The van der Waals surface area contributed by atoms with E-state index in [2.05, 4.69) is 27.7 Å². The molecule has 4 nitrogen and oxygen atoms in total. The van der Waals surface area contributed by atoms with Gasteiger partial charge in [-0.05, 0) is 37.8 Å². The third kappa shape index (κ3) is 56.6. The number of carboxylic acid groups (broad SMARTS) is 2. The van der Waals surface area contributed by atoms with Gasteiger partial charge in [-0.3, -0.25) is 0 Å². The molecule has 0 aromatic heterocycles. The SMILES string of the molecule is CCCCCC=CC(=O)[O-].CCCCCC=CC(=O)[O-].[CH2-]CCC.[Co+2].[Li+]. The van der Waals surface area contributed by atoms with Crippen LogP contribution in [0.25, 0.3) is 0 Å². The van der Waals surface area contributed by atoms with Crippen molar-refractivity contribution in [2.45, 2.75) is 85.0 Å². The zero-order valence-corrected chi connectivity index (χ0v) is 18.1. The molecule has 0 fully saturated rings. The average molecular weight is 405 g/mol. The van der Waals surface area contributed by atoms with Crippen LogP contribution in [0, 0.1) is 6.92 Å². The third-order valence-electron chi connectivity index (χ3n) is 2.81. The van der Waals surface area contributed by atoms with Crippen LogP contribution in [0.3, 0.4) is 0 Å². The second-order valence-corrected chi connectivity index (χ2v) is 5.29. The predicted octanol–water partition coefficient (Wildman–Crippen LogP) is 0.368. The van der Waals surface area contributed by atoms with Crippen LogP contribution in [0.2, 0.25) is 0 Å². The van der Waals surface area contributed by atoms with Gasteiger partial charge in [-0.1, -0.05) is 65.0 Å². The van der Waals surface area contributed by atoms with Crippen molar-refractivity contribution in [2.24, 2.45) is 0 Å². The molecule has 0 aromatic carbocycles. The number of rotatable bonds is 11. The molecule has 0 bridgehead atoms. The van der Waals surface area contributed by atoms with Gasteiger partial charge < -0.3 is 26.7 Å². The first-order chi connectivity index (χ1) is 11.5. The van der Waals surface area contributed by atoms with E-state index in [1.54, 1.807) is 12.2 Å². The van der Waals surface area contributed by atoms with Crippen LogP contribution in [0.15, 0.2) is 24.3 Å². The monoisotopic (exact) mass is 405 g/mol. The summed E-state index contributed by atoms with van der Waals surface area (Å²) in [5, 5.41) is 19.7. The normalized spacial score (nSPS) is 9.23. The number of allylic oxidation sites excluding steroid dienone is 2. The van der Waals surface area contributed by atoms with Crippen LogP contribution in [-0.2, 0) is 26.4 Å². The van der Waals surface area contributed by atoms with Crippen molar-refractivity contribution < 1.29 is 55.4 Å². The van der Waals surface area contributed by atoms with E-state index in [0.717, 1.165) is 57.1 Å². The second-order valence-electron chi connectivity index (χ2n) is 5.29. The minimum absolute atomic E-state index is 0. The largest absolute Gasteiger partial charge is 2.00 e. The van der Waals surface area contributed by atoms with Gasteiger partial charge in [0.2, 0.25) is 0 Å². The van der Waals surface area contributed by atoms with Crippen molar-refractivity contribution in [2.75, 3.05) is 0 Å². The van der Waals surface area contributed by atoms with Gasteiger partial charge in [0.15, 0.2) is 0 Å². The molecule has 0 N–H and O–H groups in total. The van der Waals surface area contributed by atoms with E-state index in [9.17, 15) is 19.8 Å². The molecular weight excluding hydrogens is 370 g/mol. The maximum Gasteiger partial charge on any atom is 2.00 e. The van der Waals surface area contributed by atoms with Gasteiger partial charge in [-0.2, -0.15) is 6.42 Å². The number of carboxylic acids is 2. The molecule has 0 aliphatic rings. The Kier molecular flexibility index (Phi) is 49.9. The van der Waals surface area contributed by atoms with E-state index in [-0.39, 0.29) is 35.6 Å². The van der Waals surface area contributed by atoms with E-state index in [1.165, 1.54) is 19.3 Å². The molecule has 149 valence electrons. The molecule has 0 saturated heterocycles. The van der Waals surface area contributed by atoms with Crippen LogP contribution >= 0.6 is 0 Å². The summed E-state index contributed by atoms with van der Waals surface area (Å²) in [5.74, 6) is -2.20. The zero-order valence-electron chi connectivity index (χ0n) is 17.1. The molecule has 0 saturated carbocycles. The predicted molar refractivity (Wildman–Crippen MR) is 96.8 cm³/mol. The molecule has 0 spiro atoms. The van der Waals surface area contributed by atoms with Gasteiger partial charge in [-0.25, -0.2) is 0 Å². The number of unbranched alkanes of at least 4 members (excludes halogenated alkanes) is 7. The fourth-order valence-electron chi connectivity index (χ4n) is 1.38. The Balaban J connectivity index is -0.0000000883. The Morgan fingerprint density at radius 3 is 1.27 bits per heavy atom.